The molecule has 1 N–H and O–H groups in total. The van der Waals surface area contributed by atoms with Crippen LogP contribution < -0.4 is 5.32 Å². The number of hydrogen-bond donors (Lipinski definition) is 1. The molecule has 1 aromatic rings. The number of benzene rings is 1. The van der Waals surface area contributed by atoms with E-state index in [2.05, 4.69) is 17.2 Å². The van der Waals surface area contributed by atoms with Gasteiger partial charge in [-0.3, -0.25) is 0 Å². The third-order valence-corrected chi connectivity index (χ3v) is 5.16. The molecule has 0 spiro atoms. The highest BCUT2D eigenvalue weighted by Gasteiger charge is 2.43. The molecule has 1 heterocycles. The zero-order valence-corrected chi connectivity index (χ0v) is 16.0. The van der Waals surface area contributed by atoms with Gasteiger partial charge in [-0.2, -0.15) is 0 Å². The molecule has 2 aliphatic rings. The lowest BCUT2D eigenvalue weighted by molar-refractivity contribution is 0.160. The van der Waals surface area contributed by atoms with E-state index in [9.17, 15) is 9.18 Å². The molecule has 4 nitrogen and oxygen atoms in total. The molecule has 1 aliphatic heterocycles. The second kappa shape index (κ2) is 7.77. The van der Waals surface area contributed by atoms with E-state index >= 15 is 0 Å². The molecule has 0 radical (unpaired) electrons. The van der Waals surface area contributed by atoms with Crippen molar-refractivity contribution >= 4 is 29.2 Å². The van der Waals surface area contributed by atoms with E-state index in [0.29, 0.717) is 36.2 Å². The van der Waals surface area contributed by atoms with Gasteiger partial charge in [0.2, 0.25) is 0 Å². The SMILES string of the molecule is CC(F)=CN1CCN(C(=O)NC2(C#Cc3ccc(Cl)c(Cl)c3)CC2)CC1. The highest BCUT2D eigenvalue weighted by molar-refractivity contribution is 6.42. The van der Waals surface area contributed by atoms with Crippen molar-refractivity contribution in [2.45, 2.75) is 25.3 Å². The van der Waals surface area contributed by atoms with E-state index in [1.54, 1.807) is 23.1 Å². The molecule has 138 valence electrons. The Morgan fingerprint density at radius 2 is 1.92 bits per heavy atom. The minimum absolute atomic E-state index is 0.119. The van der Waals surface area contributed by atoms with Crippen LogP contribution in [0.15, 0.2) is 30.2 Å². The highest BCUT2D eigenvalue weighted by Crippen LogP contribution is 2.35. The number of rotatable bonds is 2. The number of carbonyl (C=O) groups is 1. The molecule has 1 saturated heterocycles. The Bertz CT molecular complexity index is 784. The van der Waals surface area contributed by atoms with Gasteiger partial charge in [-0.25, -0.2) is 9.18 Å². The topological polar surface area (TPSA) is 35.6 Å². The van der Waals surface area contributed by atoms with Crippen molar-refractivity contribution in [3.05, 3.63) is 45.8 Å². The summed E-state index contributed by atoms with van der Waals surface area (Å²) in [5, 5.41) is 3.99. The third-order valence-electron chi connectivity index (χ3n) is 4.42. The fraction of sp³-hybridized carbons (Fsp3) is 0.421. The largest absolute Gasteiger partial charge is 0.372 e. The fourth-order valence-corrected chi connectivity index (χ4v) is 3.06. The number of carbonyl (C=O) groups excluding carboxylic acids is 1. The van der Waals surface area contributed by atoms with E-state index in [0.717, 1.165) is 18.4 Å². The summed E-state index contributed by atoms with van der Waals surface area (Å²) in [5.41, 5.74) is 0.303. The van der Waals surface area contributed by atoms with Gasteiger partial charge in [0.25, 0.3) is 0 Å². The second-order valence-electron chi connectivity index (χ2n) is 6.63. The molecule has 2 fully saturated rings. The van der Waals surface area contributed by atoms with E-state index in [1.165, 1.54) is 13.1 Å². The van der Waals surface area contributed by atoms with Gasteiger partial charge < -0.3 is 15.1 Å². The number of urea groups is 1. The molecule has 2 amide bonds. The van der Waals surface area contributed by atoms with Crippen LogP contribution in [0.2, 0.25) is 10.0 Å². The zero-order chi connectivity index (χ0) is 18.7. The summed E-state index contributed by atoms with van der Waals surface area (Å²) >= 11 is 11.9. The maximum absolute atomic E-state index is 12.9. The van der Waals surface area contributed by atoms with Crippen molar-refractivity contribution in [1.29, 1.82) is 0 Å². The van der Waals surface area contributed by atoms with Crippen LogP contribution in [0.1, 0.15) is 25.3 Å². The average Bonchev–Trinajstić information content (AvgIpc) is 3.36. The maximum atomic E-state index is 12.9. The third kappa shape index (κ3) is 4.84. The van der Waals surface area contributed by atoms with Crippen LogP contribution in [-0.2, 0) is 0 Å². The maximum Gasteiger partial charge on any atom is 0.318 e. The predicted octanol–water partition coefficient (Wildman–Crippen LogP) is 4.04. The van der Waals surface area contributed by atoms with Gasteiger partial charge in [0.1, 0.15) is 11.4 Å². The first-order valence-corrected chi connectivity index (χ1v) is 9.26. The van der Waals surface area contributed by atoms with Crippen LogP contribution in [0.4, 0.5) is 9.18 Å². The van der Waals surface area contributed by atoms with Crippen molar-refractivity contribution in [3.8, 4) is 11.8 Å². The summed E-state index contributed by atoms with van der Waals surface area (Å²) in [6, 6.07) is 5.11. The molecule has 26 heavy (non-hydrogen) atoms. The monoisotopic (exact) mass is 395 g/mol. The molecule has 0 unspecified atom stereocenters. The van der Waals surface area contributed by atoms with Crippen LogP contribution in [0.25, 0.3) is 0 Å². The summed E-state index contributed by atoms with van der Waals surface area (Å²) < 4.78 is 12.9. The lowest BCUT2D eigenvalue weighted by Crippen LogP contribution is -2.52. The fourth-order valence-electron chi connectivity index (χ4n) is 2.76. The van der Waals surface area contributed by atoms with Gasteiger partial charge >= 0.3 is 6.03 Å². The van der Waals surface area contributed by atoms with Crippen LogP contribution in [-0.4, -0.2) is 47.5 Å². The first kappa shape index (κ1) is 18.9. The number of piperazine rings is 1. The van der Waals surface area contributed by atoms with Gasteiger partial charge in [0.15, 0.2) is 0 Å². The van der Waals surface area contributed by atoms with Crippen molar-refractivity contribution in [1.82, 2.24) is 15.1 Å². The molecule has 0 bridgehead atoms. The Kier molecular flexibility index (Phi) is 5.64. The van der Waals surface area contributed by atoms with Gasteiger partial charge in [-0.05, 0) is 38.0 Å². The average molecular weight is 396 g/mol. The number of halogens is 3. The lowest BCUT2D eigenvalue weighted by Gasteiger charge is -2.34. The highest BCUT2D eigenvalue weighted by atomic mass is 35.5. The van der Waals surface area contributed by atoms with E-state index < -0.39 is 5.54 Å². The Hall–Kier alpha value is -1.90. The Morgan fingerprint density at radius 3 is 2.50 bits per heavy atom. The summed E-state index contributed by atoms with van der Waals surface area (Å²) in [5.74, 6) is 6.00. The van der Waals surface area contributed by atoms with Crippen molar-refractivity contribution < 1.29 is 9.18 Å². The van der Waals surface area contributed by atoms with Gasteiger partial charge in [0, 0.05) is 37.9 Å². The smallest absolute Gasteiger partial charge is 0.318 e. The summed E-state index contributed by atoms with van der Waals surface area (Å²) in [7, 11) is 0. The lowest BCUT2D eigenvalue weighted by atomic mass is 10.2. The van der Waals surface area contributed by atoms with Crippen LogP contribution in [0.3, 0.4) is 0 Å². The van der Waals surface area contributed by atoms with Crippen LogP contribution >= 0.6 is 23.2 Å². The van der Waals surface area contributed by atoms with Crippen molar-refractivity contribution in [2.24, 2.45) is 0 Å². The Balaban J connectivity index is 1.57. The van der Waals surface area contributed by atoms with Crippen molar-refractivity contribution in [3.63, 3.8) is 0 Å². The zero-order valence-electron chi connectivity index (χ0n) is 14.5. The Morgan fingerprint density at radius 1 is 1.23 bits per heavy atom. The number of hydrogen-bond acceptors (Lipinski definition) is 2. The molecule has 1 aliphatic carbocycles. The predicted molar refractivity (Wildman–Crippen MR) is 102 cm³/mol. The normalized spacial score (nSPS) is 18.8. The summed E-state index contributed by atoms with van der Waals surface area (Å²) in [4.78, 5) is 16.1. The second-order valence-corrected chi connectivity index (χ2v) is 7.44. The molecule has 3 rings (SSSR count). The van der Waals surface area contributed by atoms with Gasteiger partial charge in [-0.15, -0.1) is 0 Å². The number of allylic oxidation sites excluding steroid dienone is 1. The number of amides is 2. The van der Waals surface area contributed by atoms with Gasteiger partial charge in [-0.1, -0.05) is 35.0 Å². The minimum atomic E-state index is -0.463. The van der Waals surface area contributed by atoms with E-state index in [4.69, 9.17) is 23.2 Å². The number of nitrogens with zero attached hydrogens (tertiary/aromatic N) is 2. The van der Waals surface area contributed by atoms with E-state index in [1.807, 2.05) is 4.90 Å². The molecule has 1 saturated carbocycles. The summed E-state index contributed by atoms with van der Waals surface area (Å²) in [6.07, 6.45) is 3.15. The Labute approximate surface area is 162 Å². The number of nitrogens with one attached hydrogen (secondary N) is 1. The molecule has 0 aromatic heterocycles. The molecular formula is C19H20Cl2FN3O. The minimum Gasteiger partial charge on any atom is -0.372 e. The first-order chi connectivity index (χ1) is 12.4. The molecule has 0 atom stereocenters. The standard InChI is InChI=1S/C19H20Cl2FN3O/c1-14(22)13-24-8-10-25(11-9-24)18(26)23-19(6-7-19)5-4-15-2-3-16(20)17(21)12-15/h2-3,12-13H,6-11H2,1H3,(H,23,26). The molecule has 1 aromatic carbocycles. The summed E-state index contributed by atoms with van der Waals surface area (Å²) in [6.45, 7) is 3.79. The first-order valence-electron chi connectivity index (χ1n) is 8.50. The quantitative estimate of drug-likeness (QED) is 0.767. The van der Waals surface area contributed by atoms with Crippen molar-refractivity contribution in [2.75, 3.05) is 26.2 Å². The van der Waals surface area contributed by atoms with E-state index in [-0.39, 0.29) is 11.9 Å². The van der Waals surface area contributed by atoms with Crippen LogP contribution in [0.5, 0.6) is 0 Å². The molecular weight excluding hydrogens is 376 g/mol. The van der Waals surface area contributed by atoms with Gasteiger partial charge in [0.05, 0.1) is 10.0 Å². The van der Waals surface area contributed by atoms with Crippen LogP contribution in [0, 0.1) is 11.8 Å². The molecule has 7 heteroatoms.